The minimum atomic E-state index is 0.820. The van der Waals surface area contributed by atoms with E-state index in [9.17, 15) is 0 Å². The summed E-state index contributed by atoms with van der Waals surface area (Å²) in [4.78, 5) is 8.41. The third-order valence-corrected chi connectivity index (χ3v) is 1.89. The average Bonchev–Trinajstić information content (AvgIpc) is 2.61. The molecule has 0 saturated heterocycles. The van der Waals surface area contributed by atoms with Crippen molar-refractivity contribution in [3.8, 4) is 0 Å². The molecule has 0 aliphatic rings. The first-order chi connectivity index (χ1) is 6.40. The van der Waals surface area contributed by atoms with Crippen LogP contribution in [0.3, 0.4) is 0 Å². The van der Waals surface area contributed by atoms with Gasteiger partial charge in [0.2, 0.25) is 6.33 Å². The normalized spacial score (nSPS) is 10.8. The predicted molar refractivity (Wildman–Crippen MR) is 48.2 cm³/mol. The van der Waals surface area contributed by atoms with E-state index in [0.29, 0.717) is 0 Å². The van der Waals surface area contributed by atoms with Crippen LogP contribution in [0, 0.1) is 6.33 Å². The topological polar surface area (TPSA) is 43.1 Å². The van der Waals surface area contributed by atoms with Gasteiger partial charge >= 0.3 is 0 Å². The van der Waals surface area contributed by atoms with Gasteiger partial charge in [0.05, 0.1) is 6.20 Å². The summed E-state index contributed by atoms with van der Waals surface area (Å²) in [5, 5.41) is 3.98. The van der Waals surface area contributed by atoms with Gasteiger partial charge < -0.3 is 0 Å². The van der Waals surface area contributed by atoms with E-state index in [-0.39, 0.29) is 0 Å². The molecule has 0 aliphatic carbocycles. The monoisotopic (exact) mass is 175 g/mol. The summed E-state index contributed by atoms with van der Waals surface area (Å²) in [5.41, 5.74) is 0.820. The molecule has 0 aromatic carbocycles. The molecule has 0 amide bonds. The lowest BCUT2D eigenvalue weighted by Crippen LogP contribution is -1.99. The van der Waals surface area contributed by atoms with E-state index in [0.717, 1.165) is 30.7 Å². The van der Waals surface area contributed by atoms with E-state index in [1.54, 1.807) is 10.7 Å². The van der Waals surface area contributed by atoms with E-state index in [1.165, 1.54) is 0 Å². The van der Waals surface area contributed by atoms with E-state index in [2.05, 4.69) is 28.3 Å². The molecular formula is C9H11N4. The molecule has 2 heterocycles. The third-order valence-electron chi connectivity index (χ3n) is 1.89. The second kappa shape index (κ2) is 3.51. The van der Waals surface area contributed by atoms with Crippen LogP contribution in [-0.4, -0.2) is 19.6 Å². The fourth-order valence-corrected chi connectivity index (χ4v) is 1.17. The number of hydrogen-bond acceptors (Lipinski definition) is 3. The molecule has 2 rings (SSSR count). The minimum absolute atomic E-state index is 0.820. The Morgan fingerprint density at radius 3 is 3.31 bits per heavy atom. The summed E-state index contributed by atoms with van der Waals surface area (Å²) in [7, 11) is 0. The van der Waals surface area contributed by atoms with E-state index in [1.807, 2.05) is 6.07 Å². The Morgan fingerprint density at radius 2 is 2.46 bits per heavy atom. The van der Waals surface area contributed by atoms with E-state index >= 15 is 0 Å². The van der Waals surface area contributed by atoms with E-state index < -0.39 is 0 Å². The van der Waals surface area contributed by atoms with Crippen LogP contribution in [0.1, 0.15) is 25.6 Å². The lowest BCUT2D eigenvalue weighted by atomic mass is 10.2. The molecule has 1 radical (unpaired) electrons. The first-order valence-corrected chi connectivity index (χ1v) is 4.48. The summed E-state index contributed by atoms with van der Waals surface area (Å²) in [6.07, 6.45) is 7.71. The van der Waals surface area contributed by atoms with Gasteiger partial charge in [0, 0.05) is 12.5 Å². The summed E-state index contributed by atoms with van der Waals surface area (Å²) in [5.74, 6) is 0.856. The predicted octanol–water partition coefficient (Wildman–Crippen LogP) is 1.27. The van der Waals surface area contributed by atoms with Crippen LogP contribution in [-0.2, 0) is 6.42 Å². The zero-order valence-corrected chi connectivity index (χ0v) is 7.56. The molecule has 0 N–H and O–H groups in total. The number of hydrogen-bond donors (Lipinski definition) is 0. The van der Waals surface area contributed by atoms with Gasteiger partial charge in [-0.25, -0.2) is 9.97 Å². The maximum Gasteiger partial charge on any atom is 0.202 e. The molecular weight excluding hydrogens is 164 g/mol. The largest absolute Gasteiger partial charge is 0.214 e. The molecule has 0 fully saturated rings. The minimum Gasteiger partial charge on any atom is -0.214 e. The number of aryl methyl sites for hydroxylation is 1. The first-order valence-electron chi connectivity index (χ1n) is 4.48. The Morgan fingerprint density at radius 1 is 1.54 bits per heavy atom. The average molecular weight is 175 g/mol. The number of rotatable bonds is 3. The van der Waals surface area contributed by atoms with Crippen LogP contribution < -0.4 is 0 Å². The zero-order valence-electron chi connectivity index (χ0n) is 7.56. The van der Waals surface area contributed by atoms with Gasteiger partial charge in [-0.3, -0.25) is 0 Å². The Labute approximate surface area is 76.6 Å². The second-order valence-corrected chi connectivity index (χ2v) is 2.94. The van der Waals surface area contributed by atoms with Crippen molar-refractivity contribution in [3.05, 3.63) is 24.4 Å². The standard InChI is InChI=1S/C9H11N4/c1-2-3-4-8-10-7-13-9(12-8)5-6-11-13/h5-6H,2-4H2,1H3. The van der Waals surface area contributed by atoms with Crippen LogP contribution in [0.15, 0.2) is 12.3 Å². The Hall–Kier alpha value is -1.45. The quantitative estimate of drug-likeness (QED) is 0.705. The number of nitrogens with zero attached hydrogens (tertiary/aromatic N) is 4. The summed E-state index contributed by atoms with van der Waals surface area (Å²) >= 11 is 0. The van der Waals surface area contributed by atoms with E-state index in [4.69, 9.17) is 0 Å². The van der Waals surface area contributed by atoms with Crippen LogP contribution in [0.25, 0.3) is 5.65 Å². The molecule has 0 unspecified atom stereocenters. The van der Waals surface area contributed by atoms with Crippen LogP contribution >= 0.6 is 0 Å². The number of aromatic nitrogens is 4. The fraction of sp³-hybridized carbons (Fsp3) is 0.444. The van der Waals surface area contributed by atoms with Crippen molar-refractivity contribution in [2.75, 3.05) is 0 Å². The van der Waals surface area contributed by atoms with Crippen LogP contribution in [0.5, 0.6) is 0 Å². The molecule has 0 bridgehead atoms. The Kier molecular flexibility index (Phi) is 2.21. The highest BCUT2D eigenvalue weighted by Crippen LogP contribution is 2.00. The molecule has 4 nitrogen and oxygen atoms in total. The number of fused-ring (bicyclic) bond motifs is 1. The molecule has 13 heavy (non-hydrogen) atoms. The van der Waals surface area contributed by atoms with Gasteiger partial charge in [0.15, 0.2) is 5.65 Å². The maximum atomic E-state index is 4.33. The van der Waals surface area contributed by atoms with Crippen molar-refractivity contribution >= 4 is 5.65 Å². The Bertz CT molecular complexity index is 393. The van der Waals surface area contributed by atoms with Gasteiger partial charge in [0.25, 0.3) is 0 Å². The molecule has 2 aromatic heterocycles. The molecule has 2 aromatic rings. The summed E-state index contributed by atoms with van der Waals surface area (Å²) in [6, 6.07) is 1.85. The first kappa shape index (κ1) is 8.16. The van der Waals surface area contributed by atoms with Crippen molar-refractivity contribution in [3.63, 3.8) is 0 Å². The van der Waals surface area contributed by atoms with Crippen LogP contribution in [0.4, 0.5) is 0 Å². The highest BCUT2D eigenvalue weighted by molar-refractivity contribution is 5.34. The smallest absolute Gasteiger partial charge is 0.202 e. The lowest BCUT2D eigenvalue weighted by Gasteiger charge is -1.97. The molecule has 67 valence electrons. The van der Waals surface area contributed by atoms with Gasteiger partial charge in [-0.2, -0.15) is 9.61 Å². The third kappa shape index (κ3) is 1.66. The van der Waals surface area contributed by atoms with Crippen molar-refractivity contribution in [1.29, 1.82) is 0 Å². The number of unbranched alkanes of at least 4 members (excludes halogenated alkanes) is 1. The maximum absolute atomic E-state index is 4.33. The molecule has 4 heteroatoms. The highest BCUT2D eigenvalue weighted by atomic mass is 15.3. The second-order valence-electron chi connectivity index (χ2n) is 2.94. The van der Waals surface area contributed by atoms with Gasteiger partial charge in [-0.05, 0) is 6.42 Å². The molecule has 0 aliphatic heterocycles. The molecule has 0 spiro atoms. The van der Waals surface area contributed by atoms with Crippen molar-refractivity contribution in [1.82, 2.24) is 19.6 Å². The van der Waals surface area contributed by atoms with Gasteiger partial charge in [0.1, 0.15) is 5.82 Å². The van der Waals surface area contributed by atoms with Gasteiger partial charge in [-0.1, -0.05) is 13.3 Å². The highest BCUT2D eigenvalue weighted by Gasteiger charge is 1.99. The van der Waals surface area contributed by atoms with Crippen molar-refractivity contribution in [2.45, 2.75) is 26.2 Å². The van der Waals surface area contributed by atoms with Crippen molar-refractivity contribution in [2.24, 2.45) is 0 Å². The fourth-order valence-electron chi connectivity index (χ4n) is 1.17. The van der Waals surface area contributed by atoms with Crippen LogP contribution in [0.2, 0.25) is 0 Å². The SMILES string of the molecule is CCCCc1n[c]n2nccc2n1. The van der Waals surface area contributed by atoms with Gasteiger partial charge in [-0.15, -0.1) is 0 Å². The summed E-state index contributed by atoms with van der Waals surface area (Å²) in [6.45, 7) is 2.15. The lowest BCUT2D eigenvalue weighted by molar-refractivity contribution is 0.736. The van der Waals surface area contributed by atoms with Crippen molar-refractivity contribution < 1.29 is 0 Å². The molecule has 0 atom stereocenters. The molecule has 0 saturated carbocycles. The zero-order chi connectivity index (χ0) is 9.10. The summed E-state index contributed by atoms with van der Waals surface area (Å²) < 4.78 is 1.55. The Balaban J connectivity index is 2.26.